The van der Waals surface area contributed by atoms with Crippen molar-refractivity contribution >= 4 is 19.8 Å². The van der Waals surface area contributed by atoms with Gasteiger partial charge in [0, 0.05) is 6.26 Å². The molecule has 0 radical (unpaired) electrons. The van der Waals surface area contributed by atoms with Crippen LogP contribution in [0, 0.1) is 4.78 Å². The molecule has 0 aromatic carbocycles. The largest absolute Gasteiger partial charge is 0.252 e. The molecule has 0 bridgehead atoms. The average molecular weight is 186 g/mol. The summed E-state index contributed by atoms with van der Waals surface area (Å²) >= 11 is 0. The van der Waals surface area contributed by atoms with E-state index < -0.39 is 24.8 Å². The molecule has 10 heavy (non-hydrogen) atoms. The maximum absolute atomic E-state index is 10.6. The van der Waals surface area contributed by atoms with Gasteiger partial charge in [0.25, 0.3) is 0 Å². The highest BCUT2D eigenvalue weighted by molar-refractivity contribution is 8.07. The Morgan fingerprint density at radius 2 is 1.80 bits per heavy atom. The third kappa shape index (κ3) is 4.71. The molecule has 2 N–H and O–H groups in total. The van der Waals surface area contributed by atoms with E-state index in [4.69, 9.17) is 4.78 Å². The summed E-state index contributed by atoms with van der Waals surface area (Å²) in [5, 5.41) is -0.628. The monoisotopic (exact) mass is 186 g/mol. The summed E-state index contributed by atoms with van der Waals surface area (Å²) in [5.41, 5.74) is 0. The first-order valence-corrected chi connectivity index (χ1v) is 6.18. The van der Waals surface area contributed by atoms with Crippen LogP contribution in [0.2, 0.25) is 0 Å². The number of hydrogen-bond donors (Lipinski definition) is 2. The first-order chi connectivity index (χ1) is 4.27. The molecule has 5 nitrogen and oxygen atoms in total. The molecule has 0 saturated carbocycles. The van der Waals surface area contributed by atoms with E-state index in [0.717, 1.165) is 6.26 Å². The number of sulfonamides is 1. The molecular formula is C3H10N2O3S2. The lowest BCUT2D eigenvalue weighted by molar-refractivity contribution is 0.592. The Bertz CT molecular complexity index is 288. The highest BCUT2D eigenvalue weighted by Crippen LogP contribution is 1.90. The van der Waals surface area contributed by atoms with Crippen molar-refractivity contribution in [1.82, 2.24) is 4.72 Å². The average Bonchev–Trinajstić information content (AvgIpc) is 1.60. The second-order valence-electron chi connectivity index (χ2n) is 1.94. The van der Waals surface area contributed by atoms with E-state index in [1.54, 1.807) is 0 Å². The SMILES string of the molecule is CNS(=O)(=O)CS(C)(=N)=O. The van der Waals surface area contributed by atoms with Crippen molar-refractivity contribution in [3.8, 4) is 0 Å². The van der Waals surface area contributed by atoms with Crippen LogP contribution in [0.4, 0.5) is 0 Å². The molecule has 0 heterocycles. The predicted molar refractivity (Wildman–Crippen MR) is 39.6 cm³/mol. The smallest absolute Gasteiger partial charge is 0.224 e. The number of hydrogen-bond acceptors (Lipinski definition) is 4. The van der Waals surface area contributed by atoms with Gasteiger partial charge in [-0.1, -0.05) is 0 Å². The quantitative estimate of drug-likeness (QED) is 0.603. The predicted octanol–water partition coefficient (Wildman–Crippen LogP) is -0.830. The van der Waals surface area contributed by atoms with Gasteiger partial charge < -0.3 is 0 Å². The van der Waals surface area contributed by atoms with E-state index in [1.807, 2.05) is 4.72 Å². The van der Waals surface area contributed by atoms with Crippen LogP contribution in [0.1, 0.15) is 0 Å². The summed E-state index contributed by atoms with van der Waals surface area (Å²) in [7, 11) is -5.21. The van der Waals surface area contributed by atoms with Crippen molar-refractivity contribution in [3.05, 3.63) is 0 Å². The van der Waals surface area contributed by atoms with Gasteiger partial charge in [0.1, 0.15) is 5.08 Å². The van der Waals surface area contributed by atoms with E-state index in [-0.39, 0.29) is 0 Å². The fraction of sp³-hybridized carbons (Fsp3) is 1.00. The van der Waals surface area contributed by atoms with E-state index >= 15 is 0 Å². The maximum Gasteiger partial charge on any atom is 0.224 e. The van der Waals surface area contributed by atoms with Gasteiger partial charge in [-0.05, 0) is 7.05 Å². The van der Waals surface area contributed by atoms with Crippen LogP contribution in [0.5, 0.6) is 0 Å². The van der Waals surface area contributed by atoms with Gasteiger partial charge in [-0.3, -0.25) is 4.78 Å². The number of nitrogens with one attached hydrogen (secondary N) is 2. The molecule has 0 spiro atoms. The molecule has 0 fully saturated rings. The van der Waals surface area contributed by atoms with Crippen LogP contribution >= 0.6 is 0 Å². The van der Waals surface area contributed by atoms with Gasteiger partial charge >= 0.3 is 0 Å². The molecule has 0 aromatic heterocycles. The molecule has 7 heteroatoms. The minimum absolute atomic E-state index is 0.628. The minimum atomic E-state index is -3.49. The molecule has 0 aliphatic carbocycles. The molecule has 1 unspecified atom stereocenters. The Morgan fingerprint density at radius 3 is 1.90 bits per heavy atom. The van der Waals surface area contributed by atoms with Gasteiger partial charge in [0.05, 0.1) is 9.73 Å². The summed E-state index contributed by atoms with van der Waals surface area (Å²) in [6.07, 6.45) is 1.09. The van der Waals surface area contributed by atoms with E-state index in [9.17, 15) is 12.6 Å². The topological polar surface area (TPSA) is 87.1 Å². The van der Waals surface area contributed by atoms with Crippen molar-refractivity contribution in [2.75, 3.05) is 18.4 Å². The van der Waals surface area contributed by atoms with Gasteiger partial charge in [0.15, 0.2) is 0 Å². The zero-order chi connectivity index (χ0) is 8.41. The Hall–Kier alpha value is -0.140. The van der Waals surface area contributed by atoms with Crippen LogP contribution in [-0.4, -0.2) is 31.0 Å². The Kier molecular flexibility index (Phi) is 2.81. The van der Waals surface area contributed by atoms with Crippen molar-refractivity contribution in [3.63, 3.8) is 0 Å². The van der Waals surface area contributed by atoms with E-state index in [2.05, 4.69) is 0 Å². The standard InChI is InChI=1S/C3H10N2O3S2/c1-5-10(7,8)3-9(2,4)6/h4-5H,3H2,1-2H3. The molecule has 0 rings (SSSR count). The second kappa shape index (κ2) is 2.85. The maximum atomic E-state index is 10.6. The lowest BCUT2D eigenvalue weighted by atomic mass is 11.6. The van der Waals surface area contributed by atoms with Crippen LogP contribution < -0.4 is 4.72 Å². The number of rotatable bonds is 3. The summed E-state index contributed by atoms with van der Waals surface area (Å²) in [6.45, 7) is 0. The highest BCUT2D eigenvalue weighted by atomic mass is 32.3. The first-order valence-electron chi connectivity index (χ1n) is 2.39. The van der Waals surface area contributed by atoms with Crippen molar-refractivity contribution in [1.29, 1.82) is 4.78 Å². The van der Waals surface area contributed by atoms with Gasteiger partial charge in [0.2, 0.25) is 10.0 Å². The van der Waals surface area contributed by atoms with Gasteiger partial charge in [-0.25, -0.2) is 17.3 Å². The molecule has 0 aromatic rings. The fourth-order valence-corrected chi connectivity index (χ4v) is 3.19. The fourth-order valence-electron chi connectivity index (χ4n) is 0.355. The van der Waals surface area contributed by atoms with E-state index in [0.29, 0.717) is 0 Å². The zero-order valence-electron chi connectivity index (χ0n) is 5.75. The van der Waals surface area contributed by atoms with Gasteiger partial charge in [-0.2, -0.15) is 0 Å². The van der Waals surface area contributed by atoms with Crippen molar-refractivity contribution in [2.24, 2.45) is 0 Å². The molecule has 0 amide bonds. The van der Waals surface area contributed by atoms with Crippen LogP contribution in [0.15, 0.2) is 0 Å². The van der Waals surface area contributed by atoms with E-state index in [1.165, 1.54) is 7.05 Å². The van der Waals surface area contributed by atoms with Crippen molar-refractivity contribution < 1.29 is 12.6 Å². The Morgan fingerprint density at radius 1 is 1.40 bits per heavy atom. The molecule has 0 aliphatic heterocycles. The van der Waals surface area contributed by atoms with Crippen LogP contribution in [-0.2, 0) is 19.8 Å². The first kappa shape index (κ1) is 9.86. The normalized spacial score (nSPS) is 18.2. The Balaban J connectivity index is 4.49. The third-order valence-electron chi connectivity index (χ3n) is 0.691. The summed E-state index contributed by atoms with van der Waals surface area (Å²) in [4.78, 5) is 0. The third-order valence-corrected chi connectivity index (χ3v) is 4.35. The lowest BCUT2D eigenvalue weighted by Crippen LogP contribution is -2.25. The molecular weight excluding hydrogens is 176 g/mol. The summed E-state index contributed by atoms with van der Waals surface area (Å²) in [6, 6.07) is 0. The van der Waals surface area contributed by atoms with Crippen molar-refractivity contribution in [2.45, 2.75) is 0 Å². The highest BCUT2D eigenvalue weighted by Gasteiger charge is 2.11. The minimum Gasteiger partial charge on any atom is -0.252 e. The summed E-state index contributed by atoms with van der Waals surface area (Å²) in [5.74, 6) is 0. The molecule has 62 valence electrons. The van der Waals surface area contributed by atoms with Crippen LogP contribution in [0.3, 0.4) is 0 Å². The molecule has 0 saturated heterocycles. The second-order valence-corrected chi connectivity index (χ2v) is 6.53. The molecule has 0 aliphatic rings. The Labute approximate surface area is 60.8 Å². The van der Waals surface area contributed by atoms with Crippen LogP contribution in [0.25, 0.3) is 0 Å². The summed E-state index contributed by atoms with van der Waals surface area (Å²) < 4.78 is 40.6. The lowest BCUT2D eigenvalue weighted by Gasteiger charge is -2.00. The zero-order valence-corrected chi connectivity index (χ0v) is 7.38. The van der Waals surface area contributed by atoms with Gasteiger partial charge in [-0.15, -0.1) is 0 Å². The molecule has 1 atom stereocenters.